The predicted octanol–water partition coefficient (Wildman–Crippen LogP) is 2.65. The highest BCUT2D eigenvalue weighted by atomic mass is 16.1. The molecule has 0 fully saturated rings. The van der Waals surface area contributed by atoms with E-state index in [2.05, 4.69) is 23.8 Å². The largest absolute Gasteiger partial charge is 0.313 e. The van der Waals surface area contributed by atoms with Crippen LogP contribution in [-0.2, 0) is 0 Å². The monoisotopic (exact) mass is 204 g/mol. The van der Waals surface area contributed by atoms with Gasteiger partial charge in [0.25, 0.3) is 5.56 Å². The number of H-pyrrole nitrogens is 1. The fourth-order valence-corrected chi connectivity index (χ4v) is 1.18. The Balaban J connectivity index is 0.000000337. The summed E-state index contributed by atoms with van der Waals surface area (Å²) < 4.78 is 0. The summed E-state index contributed by atoms with van der Waals surface area (Å²) in [6, 6.07) is 5.58. The summed E-state index contributed by atoms with van der Waals surface area (Å²) in [7, 11) is 0. The second kappa shape index (κ2) is 5.29. The van der Waals surface area contributed by atoms with Gasteiger partial charge in [0.1, 0.15) is 0 Å². The number of fused-ring (bicyclic) bond motifs is 1. The fourth-order valence-electron chi connectivity index (χ4n) is 1.18. The lowest BCUT2D eigenvalue weighted by Gasteiger charge is -1.95. The summed E-state index contributed by atoms with van der Waals surface area (Å²) >= 11 is 0. The Morgan fingerprint density at radius 1 is 1.33 bits per heavy atom. The number of rotatable bonds is 0. The zero-order valence-corrected chi connectivity index (χ0v) is 9.37. The molecule has 0 spiro atoms. The number of hydrogen-bond donors (Lipinski definition) is 1. The molecule has 1 aromatic heterocycles. The van der Waals surface area contributed by atoms with Gasteiger partial charge in [-0.25, -0.2) is 4.98 Å². The summed E-state index contributed by atoms with van der Waals surface area (Å²) in [4.78, 5) is 17.8. The molecule has 2 rings (SSSR count). The van der Waals surface area contributed by atoms with Crippen molar-refractivity contribution in [2.75, 3.05) is 0 Å². The Labute approximate surface area is 89.2 Å². The van der Waals surface area contributed by atoms with Crippen molar-refractivity contribution in [2.45, 2.75) is 27.2 Å². The van der Waals surface area contributed by atoms with Gasteiger partial charge in [0.2, 0.25) is 0 Å². The van der Waals surface area contributed by atoms with Crippen molar-refractivity contribution in [2.24, 2.45) is 0 Å². The quantitative estimate of drug-likeness (QED) is 0.717. The van der Waals surface area contributed by atoms with Crippen LogP contribution in [0.1, 0.15) is 25.8 Å². The van der Waals surface area contributed by atoms with Crippen LogP contribution in [0.5, 0.6) is 0 Å². The summed E-state index contributed by atoms with van der Waals surface area (Å²) in [5, 5.41) is 0.642. The van der Waals surface area contributed by atoms with E-state index < -0.39 is 0 Å². The van der Waals surface area contributed by atoms with Gasteiger partial charge in [0.05, 0.1) is 17.2 Å². The van der Waals surface area contributed by atoms with Crippen molar-refractivity contribution in [1.82, 2.24) is 9.97 Å². The summed E-state index contributed by atoms with van der Waals surface area (Å²) in [5.74, 6) is 0. The minimum absolute atomic E-state index is 0.0833. The first-order valence-corrected chi connectivity index (χ1v) is 5.13. The van der Waals surface area contributed by atoms with Gasteiger partial charge in [-0.1, -0.05) is 26.3 Å². The molecule has 15 heavy (non-hydrogen) atoms. The van der Waals surface area contributed by atoms with E-state index in [0.717, 1.165) is 11.1 Å². The van der Waals surface area contributed by atoms with Crippen LogP contribution in [0.3, 0.4) is 0 Å². The molecule has 0 aliphatic rings. The molecule has 2 aromatic rings. The molecule has 0 saturated carbocycles. The Hall–Kier alpha value is -1.64. The number of nitrogens with zero attached hydrogens (tertiary/aromatic N) is 1. The lowest BCUT2D eigenvalue weighted by atomic mass is 10.2. The van der Waals surface area contributed by atoms with E-state index in [4.69, 9.17) is 0 Å². The fraction of sp³-hybridized carbons (Fsp3) is 0.333. The summed E-state index contributed by atoms with van der Waals surface area (Å²) in [6.07, 6.45) is 2.67. The Morgan fingerprint density at radius 2 is 2.00 bits per heavy atom. The van der Waals surface area contributed by atoms with Crippen LogP contribution < -0.4 is 5.56 Å². The van der Waals surface area contributed by atoms with E-state index in [9.17, 15) is 4.79 Å². The highest BCUT2D eigenvalue weighted by molar-refractivity contribution is 5.77. The topological polar surface area (TPSA) is 45.8 Å². The van der Waals surface area contributed by atoms with Crippen LogP contribution >= 0.6 is 0 Å². The standard InChI is InChI=1S/C9H8N2O.C3H8/c1-6-2-3-7-8(4-6)10-5-11-9(7)12;1-3-2/h2-5H,1H3,(H,10,11,12);3H2,1-2H3. The van der Waals surface area contributed by atoms with Crippen molar-refractivity contribution in [3.8, 4) is 0 Å². The average molecular weight is 204 g/mol. The van der Waals surface area contributed by atoms with E-state index >= 15 is 0 Å². The number of benzene rings is 1. The minimum Gasteiger partial charge on any atom is -0.313 e. The van der Waals surface area contributed by atoms with Crippen LogP contribution in [0.15, 0.2) is 29.3 Å². The molecular weight excluding hydrogens is 188 g/mol. The molecule has 0 aliphatic carbocycles. The second-order valence-electron chi connectivity index (χ2n) is 3.46. The van der Waals surface area contributed by atoms with Crippen molar-refractivity contribution in [1.29, 1.82) is 0 Å². The van der Waals surface area contributed by atoms with Crippen LogP contribution in [0.4, 0.5) is 0 Å². The van der Waals surface area contributed by atoms with Crippen LogP contribution in [0.2, 0.25) is 0 Å². The van der Waals surface area contributed by atoms with Gasteiger partial charge in [-0.2, -0.15) is 0 Å². The maximum atomic E-state index is 11.2. The smallest absolute Gasteiger partial charge is 0.258 e. The van der Waals surface area contributed by atoms with Gasteiger partial charge in [-0.15, -0.1) is 0 Å². The molecule has 0 atom stereocenters. The minimum atomic E-state index is -0.0833. The third kappa shape index (κ3) is 2.91. The van der Waals surface area contributed by atoms with Gasteiger partial charge in [0, 0.05) is 0 Å². The molecule has 0 amide bonds. The predicted molar refractivity (Wildman–Crippen MR) is 63.1 cm³/mol. The van der Waals surface area contributed by atoms with Crippen LogP contribution in [-0.4, -0.2) is 9.97 Å². The average Bonchev–Trinajstić information content (AvgIpc) is 2.19. The third-order valence-corrected chi connectivity index (χ3v) is 1.80. The lowest BCUT2D eigenvalue weighted by Crippen LogP contribution is -2.05. The van der Waals surface area contributed by atoms with Gasteiger partial charge in [-0.3, -0.25) is 4.79 Å². The number of aryl methyl sites for hydroxylation is 1. The zero-order valence-electron chi connectivity index (χ0n) is 9.37. The normalized spacial score (nSPS) is 9.53. The van der Waals surface area contributed by atoms with Gasteiger partial charge >= 0.3 is 0 Å². The second-order valence-corrected chi connectivity index (χ2v) is 3.46. The van der Waals surface area contributed by atoms with Crippen molar-refractivity contribution in [3.05, 3.63) is 40.4 Å². The molecule has 3 nitrogen and oxygen atoms in total. The van der Waals surface area contributed by atoms with Crippen molar-refractivity contribution < 1.29 is 0 Å². The molecule has 3 heteroatoms. The SMILES string of the molecule is CCC.Cc1ccc2c(=O)[nH]cnc2c1. The van der Waals surface area contributed by atoms with Crippen molar-refractivity contribution >= 4 is 10.9 Å². The van der Waals surface area contributed by atoms with E-state index in [-0.39, 0.29) is 5.56 Å². The lowest BCUT2D eigenvalue weighted by molar-refractivity contribution is 1.09. The molecule has 80 valence electrons. The van der Waals surface area contributed by atoms with Crippen molar-refractivity contribution in [3.63, 3.8) is 0 Å². The van der Waals surface area contributed by atoms with Gasteiger partial charge < -0.3 is 4.98 Å². The van der Waals surface area contributed by atoms with E-state index in [1.54, 1.807) is 6.07 Å². The summed E-state index contributed by atoms with van der Waals surface area (Å²) in [6.45, 7) is 6.22. The highest BCUT2D eigenvalue weighted by Crippen LogP contribution is 2.07. The van der Waals surface area contributed by atoms with Gasteiger partial charge in [-0.05, 0) is 24.6 Å². The molecule has 0 aliphatic heterocycles. The van der Waals surface area contributed by atoms with E-state index in [0.29, 0.717) is 5.39 Å². The van der Waals surface area contributed by atoms with E-state index in [1.165, 1.54) is 12.7 Å². The van der Waals surface area contributed by atoms with Crippen LogP contribution in [0.25, 0.3) is 10.9 Å². The maximum Gasteiger partial charge on any atom is 0.258 e. The number of nitrogens with one attached hydrogen (secondary N) is 1. The summed E-state index contributed by atoms with van der Waals surface area (Å²) in [5.41, 5.74) is 1.78. The molecule has 0 bridgehead atoms. The van der Waals surface area contributed by atoms with Crippen LogP contribution in [0, 0.1) is 6.92 Å². The number of hydrogen-bond acceptors (Lipinski definition) is 2. The maximum absolute atomic E-state index is 11.2. The first-order chi connectivity index (χ1) is 7.19. The zero-order chi connectivity index (χ0) is 11.3. The number of aromatic amines is 1. The highest BCUT2D eigenvalue weighted by Gasteiger charge is 1.97. The first-order valence-electron chi connectivity index (χ1n) is 5.13. The number of aromatic nitrogens is 2. The molecule has 0 saturated heterocycles. The first kappa shape index (κ1) is 11.4. The molecule has 1 aromatic carbocycles. The van der Waals surface area contributed by atoms with E-state index in [1.807, 2.05) is 19.1 Å². The third-order valence-electron chi connectivity index (χ3n) is 1.80. The Morgan fingerprint density at radius 3 is 2.67 bits per heavy atom. The Bertz CT molecular complexity index is 488. The van der Waals surface area contributed by atoms with Gasteiger partial charge in [0.15, 0.2) is 0 Å². The molecular formula is C12H16N2O. The molecule has 1 heterocycles. The molecule has 0 radical (unpaired) electrons. The molecule has 1 N–H and O–H groups in total. The molecule has 0 unspecified atom stereocenters. The Kier molecular flexibility index (Phi) is 4.03.